The van der Waals surface area contributed by atoms with Gasteiger partial charge in [0.15, 0.2) is 5.65 Å². The lowest BCUT2D eigenvalue weighted by Gasteiger charge is -2.25. The van der Waals surface area contributed by atoms with Crippen LogP contribution in [0.5, 0.6) is 0 Å². The average Bonchev–Trinajstić information content (AvgIpc) is 3.04. The maximum absolute atomic E-state index is 12.5. The van der Waals surface area contributed by atoms with E-state index in [9.17, 15) is 9.59 Å². The van der Waals surface area contributed by atoms with Crippen molar-refractivity contribution in [3.05, 3.63) is 16.6 Å². The van der Waals surface area contributed by atoms with Crippen LogP contribution in [0.4, 0.5) is 5.95 Å². The Hall–Kier alpha value is -2.38. The van der Waals surface area contributed by atoms with Crippen LogP contribution in [0, 0.1) is 0 Å². The summed E-state index contributed by atoms with van der Waals surface area (Å²) in [6.45, 7) is 6.76. The van der Waals surface area contributed by atoms with Gasteiger partial charge in [0.1, 0.15) is 11.4 Å². The van der Waals surface area contributed by atoms with E-state index in [-0.39, 0.29) is 23.0 Å². The lowest BCUT2D eigenvalue weighted by molar-refractivity contribution is -0.122. The van der Waals surface area contributed by atoms with E-state index >= 15 is 0 Å². The summed E-state index contributed by atoms with van der Waals surface area (Å²) in [5.74, 6) is 0.490. The summed E-state index contributed by atoms with van der Waals surface area (Å²) >= 11 is 0. The zero-order chi connectivity index (χ0) is 17.8. The highest BCUT2D eigenvalue weighted by Gasteiger charge is 2.35. The lowest BCUT2D eigenvalue weighted by atomic mass is 10.1. The van der Waals surface area contributed by atoms with Crippen molar-refractivity contribution in [2.24, 2.45) is 0 Å². The van der Waals surface area contributed by atoms with E-state index in [1.165, 1.54) is 0 Å². The first-order valence-corrected chi connectivity index (χ1v) is 8.90. The first-order valence-electron chi connectivity index (χ1n) is 8.90. The molecule has 8 heteroatoms. The summed E-state index contributed by atoms with van der Waals surface area (Å²) in [7, 11) is 0. The average molecular weight is 344 g/mol. The zero-order valence-corrected chi connectivity index (χ0v) is 14.9. The zero-order valence-electron chi connectivity index (χ0n) is 14.9. The number of fused-ring (bicyclic) bond motifs is 1. The van der Waals surface area contributed by atoms with Gasteiger partial charge in [-0.25, -0.2) is 4.68 Å². The van der Waals surface area contributed by atoms with Crippen LogP contribution in [0.1, 0.15) is 46.5 Å². The van der Waals surface area contributed by atoms with Crippen LogP contribution >= 0.6 is 0 Å². The largest absolute Gasteiger partial charge is 0.352 e. The normalized spacial score (nSPS) is 21.1. The van der Waals surface area contributed by atoms with Crippen LogP contribution in [0.2, 0.25) is 0 Å². The van der Waals surface area contributed by atoms with Gasteiger partial charge in [0.05, 0.1) is 11.7 Å². The summed E-state index contributed by atoms with van der Waals surface area (Å²) in [4.78, 5) is 34.4. The van der Waals surface area contributed by atoms with Gasteiger partial charge in [0.2, 0.25) is 11.9 Å². The second-order valence-electron chi connectivity index (χ2n) is 7.99. The molecule has 134 valence electrons. The molecule has 2 aliphatic rings. The monoisotopic (exact) mass is 344 g/mol. The maximum atomic E-state index is 12.5. The van der Waals surface area contributed by atoms with Crippen LogP contribution in [0.25, 0.3) is 11.0 Å². The molecular weight excluding hydrogens is 320 g/mol. The number of aromatic nitrogens is 4. The number of nitrogens with zero attached hydrogens (tertiary/aromatic N) is 4. The van der Waals surface area contributed by atoms with E-state index in [0.29, 0.717) is 29.6 Å². The van der Waals surface area contributed by atoms with Gasteiger partial charge in [-0.15, -0.1) is 0 Å². The SMILES string of the molecule is CC(C)(C)n1ncc2c(=O)[nH]c(N3CCC[C@@H]3C(=O)NC3CC3)nc21. The number of nitrogens with one attached hydrogen (secondary N) is 2. The molecule has 2 N–H and O–H groups in total. The van der Waals surface area contributed by atoms with Crippen LogP contribution in [0.3, 0.4) is 0 Å². The van der Waals surface area contributed by atoms with Gasteiger partial charge in [-0.2, -0.15) is 10.1 Å². The van der Waals surface area contributed by atoms with Gasteiger partial charge in [-0.3, -0.25) is 14.6 Å². The summed E-state index contributed by atoms with van der Waals surface area (Å²) in [6.07, 6.45) is 5.36. The fourth-order valence-corrected chi connectivity index (χ4v) is 3.35. The van der Waals surface area contributed by atoms with Crippen LogP contribution < -0.4 is 15.8 Å². The predicted molar refractivity (Wildman–Crippen MR) is 94.7 cm³/mol. The van der Waals surface area contributed by atoms with Crippen molar-refractivity contribution in [3.8, 4) is 0 Å². The molecule has 2 aromatic rings. The van der Waals surface area contributed by atoms with Crippen molar-refractivity contribution in [2.75, 3.05) is 11.4 Å². The molecule has 2 aromatic heterocycles. The third-order valence-corrected chi connectivity index (χ3v) is 4.81. The van der Waals surface area contributed by atoms with E-state index in [1.54, 1.807) is 10.9 Å². The standard InChI is InChI=1S/C17H24N6O2/c1-17(2,3)23-13-11(9-18-23)14(24)21-16(20-13)22-8-4-5-12(22)15(25)19-10-6-7-10/h9-10,12H,4-8H2,1-3H3,(H,19,25)(H,20,21,24)/t12-/m1/s1. The topological polar surface area (TPSA) is 95.9 Å². The molecule has 1 amide bonds. The van der Waals surface area contributed by atoms with Crippen molar-refractivity contribution in [1.82, 2.24) is 25.1 Å². The smallest absolute Gasteiger partial charge is 0.263 e. The first-order chi connectivity index (χ1) is 11.8. The van der Waals surface area contributed by atoms with Gasteiger partial charge in [-0.05, 0) is 46.5 Å². The van der Waals surface area contributed by atoms with Gasteiger partial charge in [0, 0.05) is 12.6 Å². The molecule has 0 aromatic carbocycles. The number of amides is 1. The fourth-order valence-electron chi connectivity index (χ4n) is 3.35. The molecule has 8 nitrogen and oxygen atoms in total. The lowest BCUT2D eigenvalue weighted by Crippen LogP contribution is -2.45. The molecule has 1 aliphatic heterocycles. The van der Waals surface area contributed by atoms with Gasteiger partial charge < -0.3 is 10.2 Å². The van der Waals surface area contributed by atoms with Crippen LogP contribution in [-0.2, 0) is 10.3 Å². The molecule has 4 rings (SSSR count). The number of carbonyl (C=O) groups is 1. The minimum absolute atomic E-state index is 0.0343. The Morgan fingerprint density at radius 3 is 2.76 bits per heavy atom. The molecule has 0 bridgehead atoms. The molecule has 1 saturated heterocycles. The number of hydrogen-bond donors (Lipinski definition) is 2. The molecule has 0 radical (unpaired) electrons. The Morgan fingerprint density at radius 1 is 1.32 bits per heavy atom. The van der Waals surface area contributed by atoms with Gasteiger partial charge in [0.25, 0.3) is 5.56 Å². The number of carbonyl (C=O) groups excluding carboxylic acids is 1. The first kappa shape index (κ1) is 16.1. The number of rotatable bonds is 3. The van der Waals surface area contributed by atoms with E-state index in [1.807, 2.05) is 25.7 Å². The second kappa shape index (κ2) is 5.57. The highest BCUT2D eigenvalue weighted by molar-refractivity contribution is 5.86. The van der Waals surface area contributed by atoms with E-state index < -0.39 is 0 Å². The highest BCUT2D eigenvalue weighted by Crippen LogP contribution is 2.26. The Morgan fingerprint density at radius 2 is 2.08 bits per heavy atom. The predicted octanol–water partition coefficient (Wildman–Crippen LogP) is 1.12. The molecule has 1 atom stereocenters. The Labute approximate surface area is 145 Å². The minimum atomic E-state index is -0.284. The number of H-pyrrole nitrogens is 1. The summed E-state index contributed by atoms with van der Waals surface area (Å²) in [6, 6.07) is 0.0546. The van der Waals surface area contributed by atoms with Crippen LogP contribution in [0.15, 0.2) is 11.0 Å². The van der Waals surface area contributed by atoms with Gasteiger partial charge >= 0.3 is 0 Å². The minimum Gasteiger partial charge on any atom is -0.352 e. The summed E-state index contributed by atoms with van der Waals surface area (Å²) in [5.41, 5.74) is 0.0522. The fraction of sp³-hybridized carbons (Fsp3) is 0.647. The number of aromatic amines is 1. The molecule has 0 spiro atoms. The van der Waals surface area contributed by atoms with Gasteiger partial charge in [-0.1, -0.05) is 0 Å². The third-order valence-electron chi connectivity index (χ3n) is 4.81. The van der Waals surface area contributed by atoms with E-state index in [2.05, 4.69) is 20.4 Å². The summed E-state index contributed by atoms with van der Waals surface area (Å²) in [5, 5.41) is 7.86. The molecule has 1 saturated carbocycles. The van der Waals surface area contributed by atoms with Crippen molar-refractivity contribution in [1.29, 1.82) is 0 Å². The van der Waals surface area contributed by atoms with Crippen molar-refractivity contribution in [3.63, 3.8) is 0 Å². The Balaban J connectivity index is 1.72. The Bertz CT molecular complexity index is 873. The number of hydrogen-bond acceptors (Lipinski definition) is 5. The molecule has 1 aliphatic carbocycles. The highest BCUT2D eigenvalue weighted by atomic mass is 16.2. The number of anilines is 1. The molecule has 2 fully saturated rings. The Kier molecular flexibility index (Phi) is 3.59. The maximum Gasteiger partial charge on any atom is 0.263 e. The molecule has 25 heavy (non-hydrogen) atoms. The van der Waals surface area contributed by atoms with Crippen molar-refractivity contribution in [2.45, 2.75) is 64.1 Å². The summed E-state index contributed by atoms with van der Waals surface area (Å²) < 4.78 is 1.76. The van der Waals surface area contributed by atoms with Crippen LogP contribution in [-0.4, -0.2) is 44.3 Å². The van der Waals surface area contributed by atoms with Crippen molar-refractivity contribution >= 4 is 22.9 Å². The second-order valence-corrected chi connectivity index (χ2v) is 7.99. The molecule has 0 unspecified atom stereocenters. The molecule has 3 heterocycles. The van der Waals surface area contributed by atoms with Crippen molar-refractivity contribution < 1.29 is 4.79 Å². The van der Waals surface area contributed by atoms with E-state index in [4.69, 9.17) is 0 Å². The molecular formula is C17H24N6O2. The third kappa shape index (κ3) is 2.89. The quantitative estimate of drug-likeness (QED) is 0.870. The van der Waals surface area contributed by atoms with E-state index in [0.717, 1.165) is 25.7 Å².